The number of anilines is 1. The summed E-state index contributed by atoms with van der Waals surface area (Å²) in [7, 11) is 0. The molecule has 1 amide bonds. The summed E-state index contributed by atoms with van der Waals surface area (Å²) >= 11 is 0. The van der Waals surface area contributed by atoms with E-state index in [4.69, 9.17) is 10.5 Å². The summed E-state index contributed by atoms with van der Waals surface area (Å²) in [5.74, 6) is -0.558. The number of hydrogen-bond donors (Lipinski definition) is 2. The van der Waals surface area contributed by atoms with Gasteiger partial charge in [-0.15, -0.1) is 0 Å². The Morgan fingerprint density at radius 1 is 0.767 bits per heavy atom. The van der Waals surface area contributed by atoms with E-state index < -0.39 is 0 Å². The Labute approximate surface area is 258 Å². The van der Waals surface area contributed by atoms with Crippen molar-refractivity contribution in [2.75, 3.05) is 11.9 Å². The molecule has 43 heavy (non-hydrogen) atoms. The minimum Gasteiger partial charge on any atom is -0.462 e. The predicted octanol–water partition coefficient (Wildman–Crippen LogP) is 9.66. The number of rotatable bonds is 20. The van der Waals surface area contributed by atoms with Crippen LogP contribution < -0.4 is 11.1 Å². The number of ether oxygens (including phenoxy) is 1. The Morgan fingerprint density at radius 3 is 1.98 bits per heavy atom. The van der Waals surface area contributed by atoms with Crippen LogP contribution >= 0.6 is 0 Å². The van der Waals surface area contributed by atoms with E-state index in [-0.39, 0.29) is 17.9 Å². The third-order valence-corrected chi connectivity index (χ3v) is 7.88. The van der Waals surface area contributed by atoms with Gasteiger partial charge in [-0.05, 0) is 66.4 Å². The highest BCUT2D eigenvalue weighted by Crippen LogP contribution is 2.30. The van der Waals surface area contributed by atoms with Crippen LogP contribution in [-0.4, -0.2) is 23.5 Å². The van der Waals surface area contributed by atoms with E-state index in [1.165, 1.54) is 77.0 Å². The average molecular weight is 586 g/mol. The van der Waals surface area contributed by atoms with Crippen molar-refractivity contribution < 1.29 is 14.3 Å². The molecule has 2 aromatic carbocycles. The number of pyridine rings is 1. The standard InChI is InChI=1S/C37H51N3O3/c1-3-4-5-6-7-8-9-10-11-12-13-14-15-16-26-43-37(42)32-19-17-18-30(27-32)35-28-31(20-21-34(35)29(2)38)36(41)40-33-22-24-39-25-23-33/h17-25,27-29H,3-16,26,38H2,1-2H3,(H,39,40,41). The largest absolute Gasteiger partial charge is 0.462 e. The van der Waals surface area contributed by atoms with Gasteiger partial charge in [0.15, 0.2) is 0 Å². The summed E-state index contributed by atoms with van der Waals surface area (Å²) in [6.45, 7) is 4.60. The molecular formula is C37H51N3O3. The number of nitrogens with zero attached hydrogens (tertiary/aromatic N) is 1. The van der Waals surface area contributed by atoms with Crippen LogP contribution in [0.2, 0.25) is 0 Å². The van der Waals surface area contributed by atoms with Crippen LogP contribution in [0.15, 0.2) is 67.0 Å². The zero-order chi connectivity index (χ0) is 30.7. The molecule has 1 atom stereocenters. The second-order valence-electron chi connectivity index (χ2n) is 11.6. The van der Waals surface area contributed by atoms with Crippen molar-refractivity contribution in [3.05, 3.63) is 83.7 Å². The van der Waals surface area contributed by atoms with E-state index in [1.54, 1.807) is 36.7 Å². The number of nitrogens with one attached hydrogen (secondary N) is 1. The first-order chi connectivity index (χ1) is 21.0. The Balaban J connectivity index is 1.43. The summed E-state index contributed by atoms with van der Waals surface area (Å²) in [5.41, 5.74) is 10.5. The molecule has 0 saturated carbocycles. The summed E-state index contributed by atoms with van der Waals surface area (Å²) < 4.78 is 5.60. The van der Waals surface area contributed by atoms with Crippen molar-refractivity contribution in [2.45, 2.75) is 110 Å². The minimum atomic E-state index is -0.328. The van der Waals surface area contributed by atoms with Crippen LogP contribution in [0.4, 0.5) is 5.69 Å². The molecular weight excluding hydrogens is 534 g/mol. The van der Waals surface area contributed by atoms with Crippen molar-refractivity contribution in [3.8, 4) is 11.1 Å². The molecule has 0 fully saturated rings. The second kappa shape index (κ2) is 19.6. The Kier molecular flexibility index (Phi) is 15.5. The van der Waals surface area contributed by atoms with Crippen molar-refractivity contribution in [3.63, 3.8) is 0 Å². The van der Waals surface area contributed by atoms with Gasteiger partial charge in [-0.2, -0.15) is 0 Å². The number of carbonyl (C=O) groups is 2. The molecule has 0 saturated heterocycles. The zero-order valence-electron chi connectivity index (χ0n) is 26.3. The number of unbranched alkanes of at least 4 members (excludes halogenated alkanes) is 13. The Morgan fingerprint density at radius 2 is 1.37 bits per heavy atom. The number of hydrogen-bond acceptors (Lipinski definition) is 5. The van der Waals surface area contributed by atoms with Gasteiger partial charge in [-0.3, -0.25) is 9.78 Å². The van der Waals surface area contributed by atoms with Crippen molar-refractivity contribution >= 4 is 17.6 Å². The average Bonchev–Trinajstić information content (AvgIpc) is 3.03. The van der Waals surface area contributed by atoms with Gasteiger partial charge in [0.1, 0.15) is 0 Å². The lowest BCUT2D eigenvalue weighted by molar-refractivity contribution is 0.0497. The smallest absolute Gasteiger partial charge is 0.338 e. The summed E-state index contributed by atoms with van der Waals surface area (Å²) in [5, 5.41) is 2.89. The van der Waals surface area contributed by atoms with Crippen LogP contribution in [-0.2, 0) is 4.74 Å². The van der Waals surface area contributed by atoms with Gasteiger partial charge < -0.3 is 15.8 Å². The third-order valence-electron chi connectivity index (χ3n) is 7.88. The fourth-order valence-corrected chi connectivity index (χ4v) is 5.34. The van der Waals surface area contributed by atoms with Crippen molar-refractivity contribution in [1.29, 1.82) is 0 Å². The molecule has 0 radical (unpaired) electrons. The quantitative estimate of drug-likeness (QED) is 0.102. The summed E-state index contributed by atoms with van der Waals surface area (Å²) in [4.78, 5) is 29.8. The van der Waals surface area contributed by atoms with Crippen LogP contribution in [0.5, 0.6) is 0 Å². The highest BCUT2D eigenvalue weighted by Gasteiger charge is 2.16. The van der Waals surface area contributed by atoms with Gasteiger partial charge >= 0.3 is 5.97 Å². The van der Waals surface area contributed by atoms with Crippen LogP contribution in [0.3, 0.4) is 0 Å². The molecule has 0 aliphatic heterocycles. The normalized spacial score (nSPS) is 11.7. The lowest BCUT2D eigenvalue weighted by atomic mass is 9.92. The first-order valence-corrected chi connectivity index (χ1v) is 16.4. The lowest BCUT2D eigenvalue weighted by Crippen LogP contribution is -2.14. The highest BCUT2D eigenvalue weighted by atomic mass is 16.5. The minimum absolute atomic E-state index is 0.229. The van der Waals surface area contributed by atoms with Crippen molar-refractivity contribution in [2.24, 2.45) is 5.73 Å². The van der Waals surface area contributed by atoms with Crippen LogP contribution in [0, 0.1) is 0 Å². The van der Waals surface area contributed by atoms with Gasteiger partial charge in [0, 0.05) is 29.7 Å². The third kappa shape index (κ3) is 12.3. The van der Waals surface area contributed by atoms with Crippen LogP contribution in [0.1, 0.15) is 136 Å². The number of carbonyl (C=O) groups excluding carboxylic acids is 2. The van der Waals surface area contributed by atoms with E-state index in [9.17, 15) is 9.59 Å². The van der Waals surface area contributed by atoms with Gasteiger partial charge in [-0.1, -0.05) is 109 Å². The maximum Gasteiger partial charge on any atom is 0.338 e. The fraction of sp³-hybridized carbons (Fsp3) is 0.486. The molecule has 0 aliphatic carbocycles. The molecule has 3 aromatic rings. The number of aromatic nitrogens is 1. The SMILES string of the molecule is CCCCCCCCCCCCCCCCOC(=O)c1cccc(-c2cc(C(=O)Nc3ccncc3)ccc2C(C)N)c1. The van der Waals surface area contributed by atoms with Crippen molar-refractivity contribution in [1.82, 2.24) is 4.98 Å². The lowest BCUT2D eigenvalue weighted by Gasteiger charge is -2.16. The van der Waals surface area contributed by atoms with E-state index in [0.717, 1.165) is 29.5 Å². The monoisotopic (exact) mass is 585 g/mol. The predicted molar refractivity (Wildman–Crippen MR) is 177 cm³/mol. The van der Waals surface area contributed by atoms with Gasteiger partial charge in [0.25, 0.3) is 5.91 Å². The van der Waals surface area contributed by atoms with Gasteiger partial charge in [-0.25, -0.2) is 4.79 Å². The Bertz CT molecular complexity index is 1240. The first kappa shape index (κ1) is 34.0. The molecule has 0 spiro atoms. The molecule has 0 aliphatic rings. The Hall–Kier alpha value is -3.51. The number of benzene rings is 2. The molecule has 1 aromatic heterocycles. The fourth-order valence-electron chi connectivity index (χ4n) is 5.34. The number of amides is 1. The molecule has 3 rings (SSSR count). The van der Waals surface area contributed by atoms with E-state index >= 15 is 0 Å². The maximum atomic E-state index is 12.9. The molecule has 1 heterocycles. The molecule has 232 valence electrons. The molecule has 6 nitrogen and oxygen atoms in total. The van der Waals surface area contributed by atoms with Crippen LogP contribution in [0.25, 0.3) is 11.1 Å². The second-order valence-corrected chi connectivity index (χ2v) is 11.6. The highest BCUT2D eigenvalue weighted by molar-refractivity contribution is 6.05. The summed E-state index contributed by atoms with van der Waals surface area (Å²) in [6, 6.07) is 16.1. The number of esters is 1. The van der Waals surface area contributed by atoms with E-state index in [0.29, 0.717) is 23.4 Å². The molecule has 3 N–H and O–H groups in total. The van der Waals surface area contributed by atoms with Gasteiger partial charge in [0.2, 0.25) is 0 Å². The van der Waals surface area contributed by atoms with Gasteiger partial charge in [0.05, 0.1) is 12.2 Å². The number of nitrogens with two attached hydrogens (primary N) is 1. The van der Waals surface area contributed by atoms with E-state index in [1.807, 2.05) is 37.3 Å². The molecule has 0 bridgehead atoms. The zero-order valence-corrected chi connectivity index (χ0v) is 26.3. The summed E-state index contributed by atoms with van der Waals surface area (Å²) in [6.07, 6.45) is 21.3. The van der Waals surface area contributed by atoms with E-state index in [2.05, 4.69) is 17.2 Å². The first-order valence-electron chi connectivity index (χ1n) is 16.4. The maximum absolute atomic E-state index is 12.9. The molecule has 1 unspecified atom stereocenters. The molecule has 6 heteroatoms. The topological polar surface area (TPSA) is 94.3 Å².